The summed E-state index contributed by atoms with van der Waals surface area (Å²) in [6.07, 6.45) is -0.416. The Kier molecular flexibility index (Phi) is 5.54. The first-order valence-corrected chi connectivity index (χ1v) is 5.16. The third-order valence-electron chi connectivity index (χ3n) is 1.74. The lowest BCUT2D eigenvalue weighted by molar-refractivity contribution is -0.0969. The first-order valence-electron chi connectivity index (χ1n) is 5.16. The molecule has 0 fully saturated rings. The lowest BCUT2D eigenvalue weighted by atomic mass is 10.2. The molecule has 0 aliphatic carbocycles. The maximum absolute atomic E-state index is 5.31. The van der Waals surface area contributed by atoms with E-state index in [0.29, 0.717) is 13.2 Å². The first kappa shape index (κ1) is 11.8. The minimum atomic E-state index is -0.416. The zero-order chi connectivity index (χ0) is 10.9. The molecule has 0 N–H and O–H groups in total. The van der Waals surface area contributed by atoms with Gasteiger partial charge in [-0.25, -0.2) is 0 Å². The molecular formula is C13H16O2. The second-order valence-corrected chi connectivity index (χ2v) is 2.88. The summed E-state index contributed by atoms with van der Waals surface area (Å²) < 4.78 is 10.6. The second kappa shape index (κ2) is 7.05. The molecule has 1 rings (SSSR count). The zero-order valence-electron chi connectivity index (χ0n) is 9.19. The molecule has 0 spiro atoms. The molecule has 0 heterocycles. The Balaban J connectivity index is 2.60. The third-order valence-corrected chi connectivity index (χ3v) is 1.74. The number of hydrogen-bond acceptors (Lipinski definition) is 2. The van der Waals surface area contributed by atoms with Gasteiger partial charge in [0, 0.05) is 18.8 Å². The van der Waals surface area contributed by atoms with Crippen molar-refractivity contribution in [3.8, 4) is 11.8 Å². The third kappa shape index (κ3) is 4.64. The van der Waals surface area contributed by atoms with E-state index in [1.807, 2.05) is 44.2 Å². The van der Waals surface area contributed by atoms with Crippen molar-refractivity contribution in [3.63, 3.8) is 0 Å². The van der Waals surface area contributed by atoms with Crippen molar-refractivity contribution in [1.29, 1.82) is 0 Å². The molecule has 1 aromatic rings. The monoisotopic (exact) mass is 204 g/mol. The van der Waals surface area contributed by atoms with Crippen molar-refractivity contribution < 1.29 is 9.47 Å². The minimum absolute atomic E-state index is 0.416. The summed E-state index contributed by atoms with van der Waals surface area (Å²) in [6.45, 7) is 5.06. The van der Waals surface area contributed by atoms with E-state index in [0.717, 1.165) is 5.56 Å². The Morgan fingerprint density at radius 1 is 1.07 bits per heavy atom. The van der Waals surface area contributed by atoms with Crippen molar-refractivity contribution in [2.75, 3.05) is 13.2 Å². The van der Waals surface area contributed by atoms with Crippen molar-refractivity contribution in [3.05, 3.63) is 35.9 Å². The van der Waals surface area contributed by atoms with Crippen LogP contribution < -0.4 is 0 Å². The van der Waals surface area contributed by atoms with E-state index in [-0.39, 0.29) is 0 Å². The van der Waals surface area contributed by atoms with Crippen LogP contribution in [-0.2, 0) is 9.47 Å². The van der Waals surface area contributed by atoms with Gasteiger partial charge in [-0.15, -0.1) is 0 Å². The zero-order valence-corrected chi connectivity index (χ0v) is 9.19. The summed E-state index contributed by atoms with van der Waals surface area (Å²) in [7, 11) is 0. The Morgan fingerprint density at radius 3 is 2.20 bits per heavy atom. The Labute approximate surface area is 91.2 Å². The maximum atomic E-state index is 5.31. The Bertz CT molecular complexity index is 315. The van der Waals surface area contributed by atoms with E-state index in [1.54, 1.807) is 0 Å². The van der Waals surface area contributed by atoms with Gasteiger partial charge in [0.1, 0.15) is 0 Å². The minimum Gasteiger partial charge on any atom is -0.342 e. The fourth-order valence-electron chi connectivity index (χ4n) is 1.10. The molecule has 0 atom stereocenters. The summed E-state index contributed by atoms with van der Waals surface area (Å²) in [5, 5.41) is 0. The lowest BCUT2D eigenvalue weighted by Crippen LogP contribution is -2.14. The fraction of sp³-hybridized carbons (Fsp3) is 0.385. The molecule has 1 aromatic carbocycles. The molecular weight excluding hydrogens is 188 g/mol. The molecule has 2 nitrogen and oxygen atoms in total. The molecule has 0 aliphatic heterocycles. The maximum Gasteiger partial charge on any atom is 0.222 e. The SMILES string of the molecule is CCOC(C#Cc1ccccc1)OCC. The van der Waals surface area contributed by atoms with Crippen LogP contribution >= 0.6 is 0 Å². The van der Waals surface area contributed by atoms with Gasteiger partial charge in [-0.2, -0.15) is 0 Å². The molecule has 0 aliphatic rings. The van der Waals surface area contributed by atoms with Crippen LogP contribution in [0.3, 0.4) is 0 Å². The number of ether oxygens (including phenoxy) is 2. The fourth-order valence-corrected chi connectivity index (χ4v) is 1.10. The standard InChI is InChI=1S/C13H16O2/c1-3-14-13(15-4-2)11-10-12-8-6-5-7-9-12/h5-9,13H,3-4H2,1-2H3. The van der Waals surface area contributed by atoms with Gasteiger partial charge in [-0.3, -0.25) is 0 Å². The van der Waals surface area contributed by atoms with Crippen LogP contribution in [0, 0.1) is 11.8 Å². The van der Waals surface area contributed by atoms with E-state index in [2.05, 4.69) is 11.8 Å². The molecule has 0 saturated carbocycles. The van der Waals surface area contributed by atoms with Crippen LogP contribution in [0.25, 0.3) is 0 Å². The van der Waals surface area contributed by atoms with E-state index in [9.17, 15) is 0 Å². The number of hydrogen-bond donors (Lipinski definition) is 0. The quantitative estimate of drug-likeness (QED) is 0.554. The highest BCUT2D eigenvalue weighted by molar-refractivity contribution is 5.33. The van der Waals surface area contributed by atoms with Crippen LogP contribution in [0.1, 0.15) is 19.4 Å². The molecule has 0 aromatic heterocycles. The van der Waals surface area contributed by atoms with Gasteiger partial charge in [0.05, 0.1) is 0 Å². The molecule has 0 amide bonds. The molecule has 15 heavy (non-hydrogen) atoms. The average Bonchev–Trinajstić information content (AvgIpc) is 2.28. The average molecular weight is 204 g/mol. The smallest absolute Gasteiger partial charge is 0.222 e. The summed E-state index contributed by atoms with van der Waals surface area (Å²) in [5.74, 6) is 5.96. The molecule has 80 valence electrons. The van der Waals surface area contributed by atoms with E-state index < -0.39 is 6.29 Å². The highest BCUT2D eigenvalue weighted by Crippen LogP contribution is 1.97. The molecule has 0 unspecified atom stereocenters. The predicted molar refractivity (Wildman–Crippen MR) is 60.4 cm³/mol. The van der Waals surface area contributed by atoms with Crippen LogP contribution in [0.15, 0.2) is 30.3 Å². The molecule has 2 heteroatoms. The van der Waals surface area contributed by atoms with Crippen molar-refractivity contribution in [2.45, 2.75) is 20.1 Å². The van der Waals surface area contributed by atoms with E-state index in [1.165, 1.54) is 0 Å². The molecule has 0 radical (unpaired) electrons. The molecule has 0 bridgehead atoms. The van der Waals surface area contributed by atoms with Gasteiger partial charge in [0.25, 0.3) is 0 Å². The topological polar surface area (TPSA) is 18.5 Å². The van der Waals surface area contributed by atoms with Crippen molar-refractivity contribution in [2.24, 2.45) is 0 Å². The summed E-state index contributed by atoms with van der Waals surface area (Å²) in [5.41, 5.74) is 0.974. The van der Waals surface area contributed by atoms with Gasteiger partial charge in [0.15, 0.2) is 0 Å². The van der Waals surface area contributed by atoms with Crippen molar-refractivity contribution in [1.82, 2.24) is 0 Å². The second-order valence-electron chi connectivity index (χ2n) is 2.88. The highest BCUT2D eigenvalue weighted by atomic mass is 16.7. The van der Waals surface area contributed by atoms with Gasteiger partial charge in [-0.05, 0) is 31.9 Å². The van der Waals surface area contributed by atoms with E-state index in [4.69, 9.17) is 9.47 Å². The van der Waals surface area contributed by atoms with Gasteiger partial charge < -0.3 is 9.47 Å². The predicted octanol–water partition coefficient (Wildman–Crippen LogP) is 2.44. The summed E-state index contributed by atoms with van der Waals surface area (Å²) >= 11 is 0. The summed E-state index contributed by atoms with van der Waals surface area (Å²) in [6, 6.07) is 9.80. The van der Waals surface area contributed by atoms with Crippen LogP contribution in [0.5, 0.6) is 0 Å². The molecule has 0 saturated heterocycles. The van der Waals surface area contributed by atoms with Gasteiger partial charge >= 0.3 is 0 Å². The normalized spacial score (nSPS) is 9.80. The summed E-state index contributed by atoms with van der Waals surface area (Å²) in [4.78, 5) is 0. The first-order chi connectivity index (χ1) is 7.36. The Hall–Kier alpha value is -1.30. The van der Waals surface area contributed by atoms with Crippen molar-refractivity contribution >= 4 is 0 Å². The lowest BCUT2D eigenvalue weighted by Gasteiger charge is -2.09. The van der Waals surface area contributed by atoms with Crippen LogP contribution in [0.4, 0.5) is 0 Å². The van der Waals surface area contributed by atoms with E-state index >= 15 is 0 Å². The largest absolute Gasteiger partial charge is 0.342 e. The van der Waals surface area contributed by atoms with Gasteiger partial charge in [0.2, 0.25) is 6.29 Å². The van der Waals surface area contributed by atoms with Crippen LogP contribution in [-0.4, -0.2) is 19.5 Å². The number of benzene rings is 1. The van der Waals surface area contributed by atoms with Crippen LogP contribution in [0.2, 0.25) is 0 Å². The van der Waals surface area contributed by atoms with Gasteiger partial charge in [-0.1, -0.05) is 24.1 Å². The number of rotatable bonds is 4. The Morgan fingerprint density at radius 2 is 1.67 bits per heavy atom. The highest BCUT2D eigenvalue weighted by Gasteiger charge is 2.01.